The molecule has 3 rings (SSSR count). The second kappa shape index (κ2) is 7.24. The largest absolute Gasteiger partial charge is 0.419 e. The number of thioether (sulfide) groups is 1. The molecular formula is C16H17N3O6S2. The van der Waals surface area contributed by atoms with Gasteiger partial charge in [-0.3, -0.25) is 9.71 Å². The lowest BCUT2D eigenvalue weighted by Gasteiger charge is -2.29. The molecule has 27 heavy (non-hydrogen) atoms. The van der Waals surface area contributed by atoms with Gasteiger partial charge in [0.25, 0.3) is 15.8 Å². The van der Waals surface area contributed by atoms with E-state index in [1.54, 1.807) is 0 Å². The molecule has 9 nitrogen and oxygen atoms in total. The highest BCUT2D eigenvalue weighted by Crippen LogP contribution is 2.23. The monoisotopic (exact) mass is 411 g/mol. The fourth-order valence-corrected chi connectivity index (χ4v) is 4.27. The molecule has 0 unspecified atom stereocenters. The van der Waals surface area contributed by atoms with E-state index in [0.717, 1.165) is 12.0 Å². The van der Waals surface area contributed by atoms with Crippen molar-refractivity contribution in [1.82, 2.24) is 4.72 Å². The number of hydrogen-bond acceptors (Lipinski definition) is 9. The molecule has 0 bridgehead atoms. The normalized spacial score (nSPS) is 19.0. The van der Waals surface area contributed by atoms with Crippen LogP contribution >= 0.6 is 11.8 Å². The van der Waals surface area contributed by atoms with Crippen molar-refractivity contribution in [2.24, 2.45) is 4.99 Å². The van der Waals surface area contributed by atoms with Gasteiger partial charge in [0, 0.05) is 31.5 Å². The zero-order chi connectivity index (χ0) is 19.7. The third kappa shape index (κ3) is 4.61. The second-order valence-corrected chi connectivity index (χ2v) is 8.81. The summed E-state index contributed by atoms with van der Waals surface area (Å²) in [5.74, 6) is -2.17. The molecule has 11 heteroatoms. The number of rotatable bonds is 4. The third-order valence-corrected chi connectivity index (χ3v) is 5.85. The Morgan fingerprint density at radius 2 is 1.78 bits per heavy atom. The van der Waals surface area contributed by atoms with Crippen LogP contribution in [0.25, 0.3) is 0 Å². The van der Waals surface area contributed by atoms with Gasteiger partial charge in [-0.1, -0.05) is 11.8 Å². The molecule has 0 amide bonds. The lowest BCUT2D eigenvalue weighted by atomic mass is 10.2. The molecule has 0 saturated carbocycles. The van der Waals surface area contributed by atoms with E-state index in [0.29, 0.717) is 17.4 Å². The van der Waals surface area contributed by atoms with Gasteiger partial charge in [0.1, 0.15) is 0 Å². The van der Waals surface area contributed by atoms with E-state index in [1.165, 1.54) is 49.9 Å². The number of nitrogens with one attached hydrogen (secondary N) is 2. The first kappa shape index (κ1) is 19.2. The van der Waals surface area contributed by atoms with E-state index in [2.05, 4.69) is 15.0 Å². The molecule has 0 spiro atoms. The predicted octanol–water partition coefficient (Wildman–Crippen LogP) is 1.20. The van der Waals surface area contributed by atoms with Crippen LogP contribution in [0.2, 0.25) is 0 Å². The van der Waals surface area contributed by atoms with Crippen molar-refractivity contribution in [3.63, 3.8) is 0 Å². The average Bonchev–Trinajstić information content (AvgIpc) is 3.05. The van der Waals surface area contributed by atoms with Crippen LogP contribution in [0.3, 0.4) is 0 Å². The first-order valence-corrected chi connectivity index (χ1v) is 10.4. The maximum absolute atomic E-state index is 12.3. The van der Waals surface area contributed by atoms with Gasteiger partial charge in [0.2, 0.25) is 0 Å². The Balaban J connectivity index is 1.69. The number of aliphatic imine (C=N–C) groups is 1. The lowest BCUT2D eigenvalue weighted by molar-refractivity contribution is -0.222. The summed E-state index contributed by atoms with van der Waals surface area (Å²) < 4.78 is 37.0. The van der Waals surface area contributed by atoms with Gasteiger partial charge in [0.15, 0.2) is 10.7 Å². The maximum Gasteiger partial charge on any atom is 0.350 e. The Morgan fingerprint density at radius 3 is 2.33 bits per heavy atom. The van der Waals surface area contributed by atoms with Gasteiger partial charge < -0.3 is 14.8 Å². The molecule has 144 valence electrons. The van der Waals surface area contributed by atoms with Crippen molar-refractivity contribution in [2.45, 2.75) is 24.5 Å². The quantitative estimate of drug-likeness (QED) is 0.430. The zero-order valence-electron chi connectivity index (χ0n) is 14.5. The fraction of sp³-hybridized carbons (Fsp3) is 0.312. The van der Waals surface area contributed by atoms with Gasteiger partial charge in [0.05, 0.1) is 11.4 Å². The predicted molar refractivity (Wildman–Crippen MR) is 99.5 cm³/mol. The second-order valence-electron chi connectivity index (χ2n) is 6.05. The Bertz CT molecular complexity index is 913. The van der Waals surface area contributed by atoms with Crippen LogP contribution in [0.15, 0.2) is 45.9 Å². The SMILES string of the molecule is CC1(C)OC(=O)C(=CNc2ccc(S(=O)(=O)NC3=NCCS3)cc2)C(=O)O1. The summed E-state index contributed by atoms with van der Waals surface area (Å²) in [5, 5.41) is 3.12. The van der Waals surface area contributed by atoms with Gasteiger partial charge in [-0.05, 0) is 24.3 Å². The first-order valence-electron chi connectivity index (χ1n) is 7.90. The van der Waals surface area contributed by atoms with Crippen LogP contribution in [0.4, 0.5) is 5.69 Å². The topological polar surface area (TPSA) is 123 Å². The molecule has 2 N–H and O–H groups in total. The molecule has 2 heterocycles. The number of hydrogen-bond donors (Lipinski definition) is 2. The number of nitrogens with zero attached hydrogens (tertiary/aromatic N) is 1. The Kier molecular flexibility index (Phi) is 5.16. The van der Waals surface area contributed by atoms with Crippen molar-refractivity contribution in [3.8, 4) is 0 Å². The van der Waals surface area contributed by atoms with E-state index in [9.17, 15) is 18.0 Å². The number of carbonyl (C=O) groups excluding carboxylic acids is 2. The summed E-state index contributed by atoms with van der Waals surface area (Å²) in [7, 11) is -3.72. The lowest BCUT2D eigenvalue weighted by Crippen LogP contribution is -2.42. The summed E-state index contributed by atoms with van der Waals surface area (Å²) in [6, 6.07) is 5.78. The number of anilines is 1. The van der Waals surface area contributed by atoms with Gasteiger partial charge in [-0.2, -0.15) is 0 Å². The number of carbonyl (C=O) groups is 2. The van der Waals surface area contributed by atoms with Crippen LogP contribution < -0.4 is 10.0 Å². The van der Waals surface area contributed by atoms with Crippen molar-refractivity contribution in [2.75, 3.05) is 17.6 Å². The van der Waals surface area contributed by atoms with E-state index >= 15 is 0 Å². The van der Waals surface area contributed by atoms with E-state index in [1.807, 2.05) is 0 Å². The molecular weight excluding hydrogens is 394 g/mol. The van der Waals surface area contributed by atoms with E-state index in [4.69, 9.17) is 9.47 Å². The molecule has 0 aromatic heterocycles. The van der Waals surface area contributed by atoms with Crippen LogP contribution in [-0.4, -0.2) is 43.6 Å². The fourth-order valence-electron chi connectivity index (χ4n) is 2.24. The minimum Gasteiger partial charge on any atom is -0.419 e. The molecule has 1 fully saturated rings. The van der Waals surface area contributed by atoms with E-state index in [-0.39, 0.29) is 10.5 Å². The summed E-state index contributed by atoms with van der Waals surface area (Å²) >= 11 is 1.34. The van der Waals surface area contributed by atoms with Gasteiger partial charge >= 0.3 is 11.9 Å². The minimum atomic E-state index is -3.72. The molecule has 0 radical (unpaired) electrons. The average molecular weight is 411 g/mol. The molecule has 0 aliphatic carbocycles. The summed E-state index contributed by atoms with van der Waals surface area (Å²) in [4.78, 5) is 27.8. The summed E-state index contributed by atoms with van der Waals surface area (Å²) in [6.45, 7) is 3.49. The Hall–Kier alpha value is -2.53. The number of sulfonamides is 1. The Labute approximate surface area is 160 Å². The minimum absolute atomic E-state index is 0.0640. The molecule has 1 saturated heterocycles. The summed E-state index contributed by atoms with van der Waals surface area (Å²) in [6.07, 6.45) is 1.16. The van der Waals surface area contributed by atoms with E-state index < -0.39 is 27.7 Å². The van der Waals surface area contributed by atoms with Gasteiger partial charge in [-0.15, -0.1) is 0 Å². The molecule has 0 atom stereocenters. The highest BCUT2D eigenvalue weighted by Gasteiger charge is 2.38. The van der Waals surface area contributed by atoms with Crippen LogP contribution in [0.5, 0.6) is 0 Å². The van der Waals surface area contributed by atoms with Crippen LogP contribution in [-0.2, 0) is 29.1 Å². The van der Waals surface area contributed by atoms with Crippen molar-refractivity contribution in [3.05, 3.63) is 36.0 Å². The highest BCUT2D eigenvalue weighted by molar-refractivity contribution is 8.15. The molecule has 1 aromatic carbocycles. The number of amidine groups is 1. The van der Waals surface area contributed by atoms with Crippen molar-refractivity contribution < 1.29 is 27.5 Å². The molecule has 1 aromatic rings. The highest BCUT2D eigenvalue weighted by atomic mass is 32.2. The smallest absolute Gasteiger partial charge is 0.350 e. The maximum atomic E-state index is 12.3. The standard InChI is InChI=1S/C16H17N3O6S2/c1-16(2)24-13(20)12(14(21)25-16)9-18-10-3-5-11(6-4-10)27(22,23)19-15-17-7-8-26-15/h3-6,9,18H,7-8H2,1-2H3,(H,17,19). The number of benzene rings is 1. The van der Waals surface area contributed by atoms with Crippen LogP contribution in [0.1, 0.15) is 13.8 Å². The summed E-state index contributed by atoms with van der Waals surface area (Å²) in [5.41, 5.74) is 0.184. The first-order chi connectivity index (χ1) is 12.7. The Morgan fingerprint density at radius 1 is 1.15 bits per heavy atom. The van der Waals surface area contributed by atoms with Crippen molar-refractivity contribution in [1.29, 1.82) is 0 Å². The number of cyclic esters (lactones) is 2. The zero-order valence-corrected chi connectivity index (χ0v) is 16.1. The van der Waals surface area contributed by atoms with Gasteiger partial charge in [-0.25, -0.2) is 18.0 Å². The molecule has 2 aliphatic heterocycles. The number of esters is 2. The molecule has 2 aliphatic rings. The van der Waals surface area contributed by atoms with Crippen LogP contribution in [0, 0.1) is 0 Å². The number of ether oxygens (including phenoxy) is 2. The van der Waals surface area contributed by atoms with Crippen molar-refractivity contribution >= 4 is 44.6 Å². The third-order valence-electron chi connectivity index (χ3n) is 3.47.